The van der Waals surface area contributed by atoms with E-state index in [1.54, 1.807) is 0 Å². The highest BCUT2D eigenvalue weighted by molar-refractivity contribution is 6.08. The topological polar surface area (TPSA) is 64.8 Å². The van der Waals surface area contributed by atoms with Gasteiger partial charge in [0.2, 0.25) is 0 Å². The predicted molar refractivity (Wildman–Crippen MR) is 144 cm³/mol. The van der Waals surface area contributed by atoms with Gasteiger partial charge in [-0.1, -0.05) is 57.8 Å². The largest absolute Gasteiger partial charge is 0.479 e. The van der Waals surface area contributed by atoms with Crippen molar-refractivity contribution in [2.24, 2.45) is 38.1 Å². The van der Waals surface area contributed by atoms with Gasteiger partial charge in [0.05, 0.1) is 18.1 Å². The maximum absolute atomic E-state index is 6.41. The molecule has 0 aromatic rings. The third-order valence-corrected chi connectivity index (χ3v) is 10.1. The number of hydrogen-bond donors (Lipinski definition) is 0. The third kappa shape index (κ3) is 5.20. The molecule has 0 amide bonds. The van der Waals surface area contributed by atoms with E-state index in [4.69, 9.17) is 29.2 Å². The van der Waals surface area contributed by atoms with Crippen molar-refractivity contribution < 1.29 is 14.2 Å². The summed E-state index contributed by atoms with van der Waals surface area (Å²) >= 11 is 0. The zero-order valence-electron chi connectivity index (χ0n) is 22.5. The molecule has 36 heavy (non-hydrogen) atoms. The van der Waals surface area contributed by atoms with Crippen LogP contribution in [0.3, 0.4) is 0 Å². The predicted octanol–water partition coefficient (Wildman–Crippen LogP) is 6.52. The van der Waals surface area contributed by atoms with Crippen LogP contribution in [0.25, 0.3) is 0 Å². The quantitative estimate of drug-likeness (QED) is 0.402. The summed E-state index contributed by atoms with van der Waals surface area (Å²) in [5, 5.41) is 0. The molecule has 0 unspecified atom stereocenters. The van der Waals surface area contributed by atoms with Crippen molar-refractivity contribution in [1.29, 1.82) is 0 Å². The Morgan fingerprint density at radius 2 is 0.944 bits per heavy atom. The molecule has 3 heterocycles. The summed E-state index contributed by atoms with van der Waals surface area (Å²) in [4.78, 5) is 15.6. The standard InChI is InChI=1S/C30H47N3O3/c1-30(28-32-25(19-35-28)22-13-7-3-8-14-22,29-33-26(20-36-29)23-15-9-4-10-16-23)17-27-31-24(18-34-27)21-11-5-2-6-12-21/h21-26H,2-20H2,1H3/t24-,25-,26-/m1/s1. The zero-order valence-corrected chi connectivity index (χ0v) is 22.5. The highest BCUT2D eigenvalue weighted by atomic mass is 16.5. The minimum absolute atomic E-state index is 0.275. The minimum atomic E-state index is -0.535. The van der Waals surface area contributed by atoms with Crippen LogP contribution in [0.15, 0.2) is 15.0 Å². The molecular weight excluding hydrogens is 450 g/mol. The molecule has 6 rings (SSSR count). The Balaban J connectivity index is 1.23. The Bertz CT molecular complexity index is 806. The van der Waals surface area contributed by atoms with Crippen LogP contribution in [0.2, 0.25) is 0 Å². The maximum Gasteiger partial charge on any atom is 0.199 e. The van der Waals surface area contributed by atoms with Gasteiger partial charge in [0.1, 0.15) is 25.2 Å². The van der Waals surface area contributed by atoms with Crippen molar-refractivity contribution in [1.82, 2.24) is 0 Å². The lowest BCUT2D eigenvalue weighted by Gasteiger charge is -2.27. The first-order valence-corrected chi connectivity index (χ1v) is 15.3. The molecule has 0 saturated heterocycles. The van der Waals surface area contributed by atoms with Crippen LogP contribution in [0.1, 0.15) is 110 Å². The highest BCUT2D eigenvalue weighted by Crippen LogP contribution is 2.40. The Hall–Kier alpha value is -1.59. The van der Waals surface area contributed by atoms with Gasteiger partial charge in [-0.25, -0.2) is 15.0 Å². The van der Waals surface area contributed by atoms with Crippen molar-refractivity contribution in [2.45, 2.75) is 128 Å². The second kappa shape index (κ2) is 11.0. The normalized spacial score (nSPS) is 32.9. The van der Waals surface area contributed by atoms with Crippen LogP contribution in [0.4, 0.5) is 0 Å². The third-order valence-electron chi connectivity index (χ3n) is 10.1. The molecule has 0 N–H and O–H groups in total. The smallest absolute Gasteiger partial charge is 0.199 e. The van der Waals surface area contributed by atoms with Gasteiger partial charge in [0.25, 0.3) is 0 Å². The summed E-state index contributed by atoms with van der Waals surface area (Å²) in [6.07, 6.45) is 20.4. The molecule has 6 aliphatic rings. The van der Waals surface area contributed by atoms with Crippen molar-refractivity contribution in [3.8, 4) is 0 Å². The molecule has 3 fully saturated rings. The fourth-order valence-electron chi connectivity index (χ4n) is 7.75. The second-order valence-corrected chi connectivity index (χ2v) is 12.7. The van der Waals surface area contributed by atoms with Crippen LogP contribution in [-0.4, -0.2) is 55.6 Å². The van der Waals surface area contributed by atoms with Crippen molar-refractivity contribution in [3.63, 3.8) is 0 Å². The van der Waals surface area contributed by atoms with E-state index in [1.165, 1.54) is 96.3 Å². The first-order chi connectivity index (χ1) is 17.7. The molecule has 0 bridgehead atoms. The van der Waals surface area contributed by atoms with E-state index < -0.39 is 5.41 Å². The summed E-state index contributed by atoms with van der Waals surface area (Å²) in [5.74, 6) is 4.46. The Morgan fingerprint density at radius 3 is 1.39 bits per heavy atom. The van der Waals surface area contributed by atoms with Gasteiger partial charge in [0, 0.05) is 6.42 Å². The fraction of sp³-hybridized carbons (Fsp3) is 0.900. The van der Waals surface area contributed by atoms with Crippen molar-refractivity contribution >= 4 is 17.7 Å². The molecule has 3 saturated carbocycles. The molecule has 3 aliphatic heterocycles. The van der Waals surface area contributed by atoms with E-state index in [1.807, 2.05) is 0 Å². The van der Waals surface area contributed by atoms with Crippen LogP contribution in [-0.2, 0) is 14.2 Å². The number of ether oxygens (including phenoxy) is 3. The zero-order chi connectivity index (χ0) is 24.4. The maximum atomic E-state index is 6.41. The summed E-state index contributed by atoms with van der Waals surface area (Å²) in [6, 6.07) is 0.863. The van der Waals surface area contributed by atoms with E-state index in [0.717, 1.165) is 24.3 Å². The Kier molecular flexibility index (Phi) is 7.58. The van der Waals surface area contributed by atoms with E-state index in [-0.39, 0.29) is 12.1 Å². The number of rotatable bonds is 7. The van der Waals surface area contributed by atoms with Gasteiger partial charge in [-0.15, -0.1) is 0 Å². The highest BCUT2D eigenvalue weighted by Gasteiger charge is 2.48. The Morgan fingerprint density at radius 1 is 0.556 bits per heavy atom. The molecule has 0 aromatic carbocycles. The molecule has 6 nitrogen and oxygen atoms in total. The van der Waals surface area contributed by atoms with Crippen molar-refractivity contribution in [2.75, 3.05) is 19.8 Å². The molecule has 0 aromatic heterocycles. The average molecular weight is 498 g/mol. The first-order valence-electron chi connectivity index (χ1n) is 15.3. The second-order valence-electron chi connectivity index (χ2n) is 12.7. The SMILES string of the molecule is CC(CC1=N[C@@H](C2CCCCC2)CO1)(C1=N[C@@H](C2CCCCC2)CO1)C1=N[C@@H](C2CCCCC2)CO1. The van der Waals surface area contributed by atoms with Gasteiger partial charge in [-0.05, 0) is 63.2 Å². The molecular formula is C30H47N3O3. The van der Waals surface area contributed by atoms with Gasteiger partial charge >= 0.3 is 0 Å². The van der Waals surface area contributed by atoms with Gasteiger partial charge in [-0.2, -0.15) is 0 Å². The molecule has 200 valence electrons. The number of aliphatic imine (C=N–C) groups is 3. The van der Waals surface area contributed by atoms with E-state index in [9.17, 15) is 0 Å². The van der Waals surface area contributed by atoms with E-state index >= 15 is 0 Å². The van der Waals surface area contributed by atoms with Crippen LogP contribution in [0, 0.1) is 23.2 Å². The van der Waals surface area contributed by atoms with Gasteiger partial charge in [-0.3, -0.25) is 0 Å². The number of hydrogen-bond acceptors (Lipinski definition) is 6. The summed E-state index contributed by atoms with van der Waals surface area (Å²) in [5.41, 5.74) is -0.535. The lowest BCUT2D eigenvalue weighted by molar-refractivity contribution is 0.213. The minimum Gasteiger partial charge on any atom is -0.479 e. The summed E-state index contributed by atoms with van der Waals surface area (Å²) < 4.78 is 19.1. The molecule has 3 aliphatic carbocycles. The first kappa shape index (κ1) is 24.7. The van der Waals surface area contributed by atoms with Crippen molar-refractivity contribution in [3.05, 3.63) is 0 Å². The lowest BCUT2D eigenvalue weighted by Crippen LogP contribution is -2.39. The van der Waals surface area contributed by atoms with Gasteiger partial charge in [0.15, 0.2) is 17.7 Å². The van der Waals surface area contributed by atoms with Gasteiger partial charge < -0.3 is 14.2 Å². The monoisotopic (exact) mass is 497 g/mol. The van der Waals surface area contributed by atoms with E-state index in [2.05, 4.69) is 6.92 Å². The Labute approximate surface area is 217 Å². The fourth-order valence-corrected chi connectivity index (χ4v) is 7.75. The number of nitrogens with zero attached hydrogens (tertiary/aromatic N) is 3. The van der Waals surface area contributed by atoms with E-state index in [0.29, 0.717) is 43.4 Å². The van der Waals surface area contributed by atoms with Crippen LogP contribution in [0.5, 0.6) is 0 Å². The lowest BCUT2D eigenvalue weighted by atomic mass is 9.83. The van der Waals surface area contributed by atoms with Crippen LogP contribution >= 0.6 is 0 Å². The average Bonchev–Trinajstić information content (AvgIpc) is 3.72. The summed E-state index contributed by atoms with van der Waals surface area (Å²) in [7, 11) is 0. The molecule has 0 spiro atoms. The summed E-state index contributed by atoms with van der Waals surface area (Å²) in [6.45, 7) is 4.35. The van der Waals surface area contributed by atoms with Crippen LogP contribution < -0.4 is 0 Å². The molecule has 6 heteroatoms. The molecule has 0 radical (unpaired) electrons. The molecule has 3 atom stereocenters.